The number of hydrazine groups is 1. The molecule has 0 spiro atoms. The Morgan fingerprint density at radius 1 is 1.06 bits per heavy atom. The Bertz CT molecular complexity index is 465. The summed E-state index contributed by atoms with van der Waals surface area (Å²) < 4.78 is 0. The van der Waals surface area contributed by atoms with Crippen molar-refractivity contribution in [2.24, 2.45) is 5.84 Å². The second-order valence-electron chi connectivity index (χ2n) is 4.37. The third-order valence-corrected chi connectivity index (χ3v) is 3.18. The maximum Gasteiger partial charge on any atom is 0.0500 e. The normalized spacial score (nSPS) is 12.3. The molecule has 1 heterocycles. The Kier molecular flexibility index (Phi) is 4.45. The molecule has 3 nitrogen and oxygen atoms in total. The molecule has 1 atom stereocenters. The molecule has 3 N–H and O–H groups in total. The Balaban J connectivity index is 2.12. The van der Waals surface area contributed by atoms with Gasteiger partial charge in [0.2, 0.25) is 0 Å². The van der Waals surface area contributed by atoms with Gasteiger partial charge in [-0.25, -0.2) is 0 Å². The lowest BCUT2D eigenvalue weighted by atomic mass is 9.98. The highest BCUT2D eigenvalue weighted by molar-refractivity contribution is 5.26. The van der Waals surface area contributed by atoms with Crippen molar-refractivity contribution in [3.63, 3.8) is 0 Å². The van der Waals surface area contributed by atoms with Gasteiger partial charge < -0.3 is 0 Å². The van der Waals surface area contributed by atoms with Crippen molar-refractivity contribution in [2.45, 2.75) is 25.8 Å². The fraction of sp³-hybridized carbons (Fsp3) is 0.267. The summed E-state index contributed by atoms with van der Waals surface area (Å²) in [6.07, 6.45) is 5.54. The van der Waals surface area contributed by atoms with E-state index in [0.29, 0.717) is 0 Å². The second kappa shape index (κ2) is 6.28. The van der Waals surface area contributed by atoms with Crippen molar-refractivity contribution >= 4 is 0 Å². The van der Waals surface area contributed by atoms with Crippen LogP contribution in [0.2, 0.25) is 0 Å². The van der Waals surface area contributed by atoms with Crippen LogP contribution in [0.15, 0.2) is 48.8 Å². The minimum atomic E-state index is 0.137. The van der Waals surface area contributed by atoms with Gasteiger partial charge >= 0.3 is 0 Å². The summed E-state index contributed by atoms with van der Waals surface area (Å²) in [6.45, 7) is 2.16. The number of aromatic nitrogens is 1. The Labute approximate surface area is 108 Å². The summed E-state index contributed by atoms with van der Waals surface area (Å²) in [6, 6.07) is 12.8. The van der Waals surface area contributed by atoms with E-state index in [0.717, 1.165) is 12.8 Å². The number of aryl methyl sites for hydroxylation is 1. The monoisotopic (exact) mass is 241 g/mol. The van der Waals surface area contributed by atoms with E-state index in [-0.39, 0.29) is 6.04 Å². The zero-order valence-electron chi connectivity index (χ0n) is 10.6. The largest absolute Gasteiger partial charge is 0.271 e. The molecule has 1 aromatic carbocycles. The van der Waals surface area contributed by atoms with E-state index in [9.17, 15) is 0 Å². The third-order valence-electron chi connectivity index (χ3n) is 3.18. The van der Waals surface area contributed by atoms with Crippen LogP contribution in [0.25, 0.3) is 0 Å². The number of benzene rings is 1. The van der Waals surface area contributed by atoms with Crippen LogP contribution in [-0.4, -0.2) is 4.98 Å². The van der Waals surface area contributed by atoms with Gasteiger partial charge in [0.1, 0.15) is 0 Å². The standard InChI is InChI=1S/C15H19N3/c1-2-12-3-5-14(6-4-12)15(18-16)11-13-7-9-17-10-8-13/h3-10,15,18H,2,11,16H2,1H3. The predicted molar refractivity (Wildman–Crippen MR) is 73.8 cm³/mol. The van der Waals surface area contributed by atoms with Crippen LogP contribution in [0.5, 0.6) is 0 Å². The highest BCUT2D eigenvalue weighted by Crippen LogP contribution is 2.18. The maximum absolute atomic E-state index is 5.66. The lowest BCUT2D eigenvalue weighted by molar-refractivity contribution is 0.551. The summed E-state index contributed by atoms with van der Waals surface area (Å²) in [5.41, 5.74) is 6.67. The Morgan fingerprint density at radius 3 is 2.28 bits per heavy atom. The lowest BCUT2D eigenvalue weighted by Gasteiger charge is -2.16. The van der Waals surface area contributed by atoms with Gasteiger partial charge in [-0.15, -0.1) is 0 Å². The topological polar surface area (TPSA) is 50.9 Å². The van der Waals surface area contributed by atoms with Gasteiger partial charge in [-0.05, 0) is 41.7 Å². The van der Waals surface area contributed by atoms with E-state index in [1.165, 1.54) is 16.7 Å². The van der Waals surface area contributed by atoms with Crippen LogP contribution in [-0.2, 0) is 12.8 Å². The molecule has 0 aliphatic heterocycles. The first-order valence-corrected chi connectivity index (χ1v) is 6.27. The molecule has 0 aliphatic rings. The van der Waals surface area contributed by atoms with Gasteiger partial charge in [0, 0.05) is 18.4 Å². The van der Waals surface area contributed by atoms with Gasteiger partial charge in [-0.1, -0.05) is 31.2 Å². The van der Waals surface area contributed by atoms with E-state index in [1.807, 2.05) is 24.5 Å². The first-order valence-electron chi connectivity index (χ1n) is 6.27. The van der Waals surface area contributed by atoms with Gasteiger partial charge in [0.15, 0.2) is 0 Å². The minimum absolute atomic E-state index is 0.137. The molecule has 0 radical (unpaired) electrons. The molecule has 0 amide bonds. The SMILES string of the molecule is CCc1ccc(C(Cc2ccncc2)NN)cc1. The third kappa shape index (κ3) is 3.15. The van der Waals surface area contributed by atoms with Crippen LogP contribution in [0, 0.1) is 0 Å². The van der Waals surface area contributed by atoms with Crippen LogP contribution in [0.1, 0.15) is 29.7 Å². The number of nitrogens with one attached hydrogen (secondary N) is 1. The van der Waals surface area contributed by atoms with Gasteiger partial charge in [-0.2, -0.15) is 0 Å². The van der Waals surface area contributed by atoms with Crippen LogP contribution in [0.4, 0.5) is 0 Å². The van der Waals surface area contributed by atoms with E-state index in [4.69, 9.17) is 5.84 Å². The quantitative estimate of drug-likeness (QED) is 0.624. The number of rotatable bonds is 5. The molecule has 94 valence electrons. The Hall–Kier alpha value is -1.71. The molecule has 1 aromatic heterocycles. The Morgan fingerprint density at radius 2 is 1.72 bits per heavy atom. The van der Waals surface area contributed by atoms with E-state index >= 15 is 0 Å². The molecule has 0 fully saturated rings. The summed E-state index contributed by atoms with van der Waals surface area (Å²) in [5, 5.41) is 0. The van der Waals surface area contributed by atoms with Gasteiger partial charge in [-0.3, -0.25) is 16.3 Å². The number of nitrogens with two attached hydrogens (primary N) is 1. The first-order chi connectivity index (χ1) is 8.83. The average molecular weight is 241 g/mol. The molecular weight excluding hydrogens is 222 g/mol. The smallest absolute Gasteiger partial charge is 0.0500 e. The molecule has 0 saturated carbocycles. The van der Waals surface area contributed by atoms with Crippen LogP contribution < -0.4 is 11.3 Å². The second-order valence-corrected chi connectivity index (χ2v) is 4.37. The predicted octanol–water partition coefficient (Wildman–Crippen LogP) is 2.39. The highest BCUT2D eigenvalue weighted by Gasteiger charge is 2.10. The van der Waals surface area contributed by atoms with Crippen molar-refractivity contribution in [2.75, 3.05) is 0 Å². The molecular formula is C15H19N3. The van der Waals surface area contributed by atoms with Crippen LogP contribution in [0.3, 0.4) is 0 Å². The van der Waals surface area contributed by atoms with Crippen molar-refractivity contribution < 1.29 is 0 Å². The zero-order chi connectivity index (χ0) is 12.8. The molecule has 0 saturated heterocycles. The zero-order valence-corrected chi connectivity index (χ0v) is 10.6. The fourth-order valence-electron chi connectivity index (χ4n) is 2.01. The lowest BCUT2D eigenvalue weighted by Crippen LogP contribution is -2.29. The molecule has 3 heteroatoms. The van der Waals surface area contributed by atoms with Gasteiger partial charge in [0.05, 0.1) is 0 Å². The molecule has 18 heavy (non-hydrogen) atoms. The van der Waals surface area contributed by atoms with E-state index in [2.05, 4.69) is 41.6 Å². The number of hydrogen-bond donors (Lipinski definition) is 2. The molecule has 1 unspecified atom stereocenters. The van der Waals surface area contributed by atoms with E-state index < -0.39 is 0 Å². The molecule has 2 aromatic rings. The van der Waals surface area contributed by atoms with Crippen LogP contribution >= 0.6 is 0 Å². The van der Waals surface area contributed by atoms with Crippen molar-refractivity contribution in [3.8, 4) is 0 Å². The molecule has 0 aliphatic carbocycles. The number of nitrogens with zero attached hydrogens (tertiary/aromatic N) is 1. The fourth-order valence-corrected chi connectivity index (χ4v) is 2.01. The van der Waals surface area contributed by atoms with Crippen molar-refractivity contribution in [1.29, 1.82) is 0 Å². The minimum Gasteiger partial charge on any atom is -0.271 e. The van der Waals surface area contributed by atoms with Crippen molar-refractivity contribution in [3.05, 3.63) is 65.5 Å². The summed E-state index contributed by atoms with van der Waals surface area (Å²) in [7, 11) is 0. The highest BCUT2D eigenvalue weighted by atomic mass is 15.2. The maximum atomic E-state index is 5.66. The molecule has 0 bridgehead atoms. The average Bonchev–Trinajstić information content (AvgIpc) is 2.46. The van der Waals surface area contributed by atoms with Crippen molar-refractivity contribution in [1.82, 2.24) is 10.4 Å². The summed E-state index contributed by atoms with van der Waals surface area (Å²) >= 11 is 0. The molecule has 2 rings (SSSR count). The van der Waals surface area contributed by atoms with E-state index in [1.54, 1.807) is 0 Å². The number of hydrogen-bond acceptors (Lipinski definition) is 3. The number of pyridine rings is 1. The van der Waals surface area contributed by atoms with Gasteiger partial charge in [0.25, 0.3) is 0 Å². The summed E-state index contributed by atoms with van der Waals surface area (Å²) in [4.78, 5) is 4.02. The first kappa shape index (κ1) is 12.7. The summed E-state index contributed by atoms with van der Waals surface area (Å²) in [5.74, 6) is 5.66.